The minimum absolute atomic E-state index is 0.0858. The van der Waals surface area contributed by atoms with E-state index in [9.17, 15) is 4.79 Å². The van der Waals surface area contributed by atoms with Gasteiger partial charge in [-0.3, -0.25) is 9.48 Å². The predicted molar refractivity (Wildman–Crippen MR) is 91.2 cm³/mol. The molecule has 0 radical (unpaired) electrons. The highest BCUT2D eigenvalue weighted by Gasteiger charge is 2.19. The van der Waals surface area contributed by atoms with Crippen LogP contribution in [0.3, 0.4) is 0 Å². The molecule has 3 aromatic rings. The van der Waals surface area contributed by atoms with Crippen molar-refractivity contribution in [3.8, 4) is 0 Å². The highest BCUT2D eigenvalue weighted by Crippen LogP contribution is 2.17. The number of nitrogens with one attached hydrogen (secondary N) is 1. The first-order chi connectivity index (χ1) is 11.4. The highest BCUT2D eigenvalue weighted by atomic mass is 35.5. The summed E-state index contributed by atoms with van der Waals surface area (Å²) in [7, 11) is 1.75. The van der Waals surface area contributed by atoms with Gasteiger partial charge in [0.1, 0.15) is 5.82 Å². The number of nitrogens with zero attached hydrogens (tertiary/aromatic N) is 5. The Labute approximate surface area is 144 Å². The number of aryl methyl sites for hydroxylation is 3. The average molecular weight is 345 g/mol. The summed E-state index contributed by atoms with van der Waals surface area (Å²) >= 11 is 6.27. The predicted octanol–water partition coefficient (Wildman–Crippen LogP) is 2.58. The molecular weight excluding hydrogens is 328 g/mol. The molecule has 1 aromatic carbocycles. The molecule has 0 spiro atoms. The zero-order valence-corrected chi connectivity index (χ0v) is 14.4. The van der Waals surface area contributed by atoms with Crippen molar-refractivity contribution in [1.82, 2.24) is 24.8 Å². The van der Waals surface area contributed by atoms with Crippen molar-refractivity contribution in [3.63, 3.8) is 0 Å². The van der Waals surface area contributed by atoms with E-state index in [4.69, 9.17) is 11.6 Å². The first-order valence-corrected chi connectivity index (χ1v) is 7.78. The monoisotopic (exact) mass is 344 g/mol. The third-order valence-electron chi connectivity index (χ3n) is 3.59. The molecule has 0 aliphatic rings. The summed E-state index contributed by atoms with van der Waals surface area (Å²) < 4.78 is 3.08. The topological polar surface area (TPSA) is 77.6 Å². The zero-order chi connectivity index (χ0) is 17.3. The van der Waals surface area contributed by atoms with Crippen LogP contribution in [0.1, 0.15) is 27.3 Å². The molecule has 0 saturated carbocycles. The summed E-state index contributed by atoms with van der Waals surface area (Å²) in [5.74, 6) is 0.153. The van der Waals surface area contributed by atoms with Crippen LogP contribution in [0.4, 0.5) is 5.82 Å². The maximum Gasteiger partial charge on any atom is 0.280 e. The second kappa shape index (κ2) is 6.45. The van der Waals surface area contributed by atoms with Gasteiger partial charge in [-0.15, -0.1) is 5.10 Å². The molecule has 0 fully saturated rings. The highest BCUT2D eigenvalue weighted by molar-refractivity contribution is 6.33. The number of carbonyl (C=O) groups is 1. The minimum Gasteiger partial charge on any atom is -0.305 e. The van der Waals surface area contributed by atoms with Gasteiger partial charge in [0, 0.05) is 13.1 Å². The average Bonchev–Trinajstić information content (AvgIpc) is 3.04. The number of hydrogen-bond acceptors (Lipinski definition) is 4. The number of hydrogen-bond donors (Lipinski definition) is 1. The van der Waals surface area contributed by atoms with Crippen molar-refractivity contribution in [2.75, 3.05) is 5.32 Å². The van der Waals surface area contributed by atoms with Crippen LogP contribution in [0.2, 0.25) is 5.15 Å². The minimum atomic E-state index is -0.418. The molecule has 0 bridgehead atoms. The van der Waals surface area contributed by atoms with Crippen LogP contribution in [-0.2, 0) is 13.6 Å². The largest absolute Gasteiger partial charge is 0.305 e. The van der Waals surface area contributed by atoms with Gasteiger partial charge < -0.3 is 5.32 Å². The van der Waals surface area contributed by atoms with Gasteiger partial charge in [-0.25, -0.2) is 4.68 Å². The Bertz CT molecular complexity index is 881. The fourth-order valence-electron chi connectivity index (χ4n) is 2.31. The van der Waals surface area contributed by atoms with Gasteiger partial charge in [0.25, 0.3) is 5.91 Å². The van der Waals surface area contributed by atoms with Gasteiger partial charge in [-0.2, -0.15) is 5.10 Å². The van der Waals surface area contributed by atoms with E-state index in [-0.39, 0.29) is 10.8 Å². The Hall–Kier alpha value is -2.67. The molecule has 0 unspecified atom stereocenters. The molecule has 24 heavy (non-hydrogen) atoms. The summed E-state index contributed by atoms with van der Waals surface area (Å²) in [5.41, 5.74) is 3.10. The maximum atomic E-state index is 12.4. The lowest BCUT2D eigenvalue weighted by molar-refractivity contribution is 0.102. The molecule has 7 nitrogen and oxygen atoms in total. The normalized spacial score (nSPS) is 10.8. The number of amides is 1. The second-order valence-corrected chi connectivity index (χ2v) is 5.98. The third kappa shape index (κ3) is 3.30. The number of halogens is 1. The zero-order valence-electron chi connectivity index (χ0n) is 13.6. The number of aromatic nitrogens is 5. The third-order valence-corrected chi connectivity index (χ3v) is 3.96. The van der Waals surface area contributed by atoms with Gasteiger partial charge >= 0.3 is 0 Å². The Morgan fingerprint density at radius 2 is 1.96 bits per heavy atom. The maximum absolute atomic E-state index is 12.4. The lowest BCUT2D eigenvalue weighted by atomic mass is 10.1. The molecule has 0 atom stereocenters. The van der Waals surface area contributed by atoms with Crippen molar-refractivity contribution >= 4 is 23.3 Å². The molecule has 1 amide bonds. The molecule has 2 heterocycles. The van der Waals surface area contributed by atoms with E-state index in [1.165, 1.54) is 10.2 Å². The van der Waals surface area contributed by atoms with Crippen LogP contribution in [-0.4, -0.2) is 30.7 Å². The summed E-state index contributed by atoms with van der Waals surface area (Å²) in [6.07, 6.45) is 0. The smallest absolute Gasteiger partial charge is 0.280 e. The van der Waals surface area contributed by atoms with Crippen LogP contribution >= 0.6 is 11.6 Å². The van der Waals surface area contributed by atoms with E-state index in [0.29, 0.717) is 12.4 Å². The summed E-state index contributed by atoms with van der Waals surface area (Å²) in [6, 6.07) is 9.77. The standard InChI is InChI=1S/C16H17ClN6O/c1-10-4-6-12(7-5-10)9-23-15(17)14(19-21-23)16(24)18-13-8-11(2)20-22(13)3/h4-8H,9H2,1-3H3,(H,18,24). The van der Waals surface area contributed by atoms with E-state index in [1.54, 1.807) is 17.8 Å². The van der Waals surface area contributed by atoms with Gasteiger partial charge in [0.15, 0.2) is 10.8 Å². The molecular formula is C16H17ClN6O. The molecule has 0 aliphatic carbocycles. The Balaban J connectivity index is 1.77. The van der Waals surface area contributed by atoms with Crippen LogP contribution < -0.4 is 5.32 Å². The van der Waals surface area contributed by atoms with Crippen molar-refractivity contribution in [1.29, 1.82) is 0 Å². The van der Waals surface area contributed by atoms with Crippen LogP contribution in [0, 0.1) is 13.8 Å². The molecule has 0 aliphatic heterocycles. The Morgan fingerprint density at radius 3 is 2.58 bits per heavy atom. The van der Waals surface area contributed by atoms with E-state index in [1.807, 2.05) is 38.1 Å². The first-order valence-electron chi connectivity index (χ1n) is 7.40. The fourth-order valence-corrected chi connectivity index (χ4v) is 2.53. The van der Waals surface area contributed by atoms with Gasteiger partial charge in [0.2, 0.25) is 0 Å². The van der Waals surface area contributed by atoms with E-state index in [0.717, 1.165) is 11.3 Å². The van der Waals surface area contributed by atoms with Crippen LogP contribution in [0.25, 0.3) is 0 Å². The van der Waals surface area contributed by atoms with E-state index >= 15 is 0 Å². The van der Waals surface area contributed by atoms with Gasteiger partial charge in [0.05, 0.1) is 12.2 Å². The second-order valence-electron chi connectivity index (χ2n) is 5.62. The van der Waals surface area contributed by atoms with Gasteiger partial charge in [-0.1, -0.05) is 46.6 Å². The first kappa shape index (κ1) is 16.2. The Morgan fingerprint density at radius 1 is 1.25 bits per heavy atom. The Kier molecular flexibility index (Phi) is 4.35. The molecule has 3 rings (SSSR count). The summed E-state index contributed by atoms with van der Waals surface area (Å²) in [6.45, 7) is 4.32. The van der Waals surface area contributed by atoms with Crippen molar-refractivity contribution in [3.05, 3.63) is 58.0 Å². The summed E-state index contributed by atoms with van der Waals surface area (Å²) in [4.78, 5) is 12.4. The van der Waals surface area contributed by atoms with Crippen LogP contribution in [0.15, 0.2) is 30.3 Å². The van der Waals surface area contributed by atoms with E-state index < -0.39 is 5.91 Å². The van der Waals surface area contributed by atoms with Crippen molar-refractivity contribution in [2.24, 2.45) is 7.05 Å². The molecule has 2 aromatic heterocycles. The summed E-state index contributed by atoms with van der Waals surface area (Å²) in [5, 5.41) is 15.0. The fraction of sp³-hybridized carbons (Fsp3) is 0.250. The van der Waals surface area contributed by atoms with Crippen molar-refractivity contribution in [2.45, 2.75) is 20.4 Å². The molecule has 8 heteroatoms. The molecule has 0 saturated heterocycles. The van der Waals surface area contributed by atoms with Gasteiger partial charge in [-0.05, 0) is 19.4 Å². The lowest BCUT2D eigenvalue weighted by Crippen LogP contribution is -2.15. The quantitative estimate of drug-likeness (QED) is 0.789. The van der Waals surface area contributed by atoms with E-state index in [2.05, 4.69) is 20.7 Å². The van der Waals surface area contributed by atoms with Crippen molar-refractivity contribution < 1.29 is 4.79 Å². The number of anilines is 1. The number of benzene rings is 1. The van der Waals surface area contributed by atoms with Crippen LogP contribution in [0.5, 0.6) is 0 Å². The SMILES string of the molecule is Cc1ccc(Cn2nnc(C(=O)Nc3cc(C)nn3C)c2Cl)cc1. The molecule has 124 valence electrons. The number of carbonyl (C=O) groups excluding carboxylic acids is 1. The lowest BCUT2D eigenvalue weighted by Gasteiger charge is -2.04. The number of rotatable bonds is 4. The molecule has 1 N–H and O–H groups in total.